The van der Waals surface area contributed by atoms with Gasteiger partial charge in [0, 0.05) is 6.04 Å². The molecule has 0 radical (unpaired) electrons. The molecule has 26 heavy (non-hydrogen) atoms. The maximum Gasteiger partial charge on any atom is 0.167 e. The zero-order valence-electron chi connectivity index (χ0n) is 14.3. The maximum atomic E-state index is 10.3. The van der Waals surface area contributed by atoms with Crippen molar-refractivity contribution < 1.29 is 20.1 Å². The van der Waals surface area contributed by atoms with Gasteiger partial charge >= 0.3 is 0 Å². The number of anilines is 1. The third kappa shape index (κ3) is 2.42. The number of hydrogen-bond acceptors (Lipinski definition) is 8. The normalized spacial score (nSPS) is 39.1. The average Bonchev–Trinajstić information content (AvgIpc) is 3.41. The molecule has 9 heteroatoms. The first-order valence-corrected chi connectivity index (χ1v) is 9.22. The van der Waals surface area contributed by atoms with Crippen LogP contribution in [-0.4, -0.2) is 65.8 Å². The monoisotopic (exact) mass is 361 g/mol. The van der Waals surface area contributed by atoms with E-state index in [1.54, 1.807) is 4.57 Å². The van der Waals surface area contributed by atoms with Crippen LogP contribution in [0.1, 0.15) is 31.9 Å². The Bertz CT molecular complexity index is 814. The third-order valence-electron chi connectivity index (χ3n) is 6.21. The van der Waals surface area contributed by atoms with Crippen molar-refractivity contribution in [2.75, 3.05) is 11.9 Å². The Morgan fingerprint density at radius 3 is 2.73 bits per heavy atom. The predicted molar refractivity (Wildman–Crippen MR) is 91.2 cm³/mol. The molecular formula is C17H23N5O4. The SMILES string of the molecule is OC[C@H]1O[C@@H](n2cnc3c(NC4CC5CC[C@H]4C5)ncnc32)[C@H](O)[C@@H]1O. The topological polar surface area (TPSA) is 126 Å². The van der Waals surface area contributed by atoms with Crippen LogP contribution >= 0.6 is 0 Å². The molecule has 0 aromatic carbocycles. The smallest absolute Gasteiger partial charge is 0.167 e. The molecule has 2 aromatic heterocycles. The number of rotatable bonds is 4. The number of hydrogen-bond donors (Lipinski definition) is 4. The van der Waals surface area contributed by atoms with Gasteiger partial charge in [-0.3, -0.25) is 4.57 Å². The number of aromatic nitrogens is 4. The lowest BCUT2D eigenvalue weighted by Crippen LogP contribution is -2.33. The first kappa shape index (κ1) is 16.4. The fraction of sp³-hybridized carbons (Fsp3) is 0.706. The summed E-state index contributed by atoms with van der Waals surface area (Å²) in [7, 11) is 0. The molecule has 2 bridgehead atoms. The quantitative estimate of drug-likeness (QED) is 0.601. The highest BCUT2D eigenvalue weighted by molar-refractivity contribution is 5.82. The summed E-state index contributed by atoms with van der Waals surface area (Å²) < 4.78 is 7.18. The Labute approximate surface area is 150 Å². The fourth-order valence-electron chi connectivity index (χ4n) is 4.85. The number of aliphatic hydroxyl groups is 3. The number of imidazole rings is 1. The van der Waals surface area contributed by atoms with Crippen molar-refractivity contribution in [3.05, 3.63) is 12.7 Å². The lowest BCUT2D eigenvalue weighted by atomic mass is 9.95. The van der Waals surface area contributed by atoms with Crippen molar-refractivity contribution in [1.29, 1.82) is 0 Å². The van der Waals surface area contributed by atoms with Crippen LogP contribution in [0.2, 0.25) is 0 Å². The largest absolute Gasteiger partial charge is 0.394 e. The van der Waals surface area contributed by atoms with Gasteiger partial charge in [0.15, 0.2) is 23.2 Å². The Morgan fingerprint density at radius 1 is 1.15 bits per heavy atom. The molecule has 2 aromatic rings. The second-order valence-corrected chi connectivity index (χ2v) is 7.70. The highest BCUT2D eigenvalue weighted by Gasteiger charge is 2.44. The second-order valence-electron chi connectivity index (χ2n) is 7.70. The predicted octanol–water partition coefficient (Wildman–Crippen LogP) is 0.0383. The van der Waals surface area contributed by atoms with Gasteiger partial charge in [-0.2, -0.15) is 0 Å². The van der Waals surface area contributed by atoms with E-state index in [0.717, 1.165) is 5.92 Å². The van der Waals surface area contributed by atoms with Gasteiger partial charge in [0.1, 0.15) is 24.6 Å². The van der Waals surface area contributed by atoms with Crippen LogP contribution in [0.15, 0.2) is 12.7 Å². The average molecular weight is 361 g/mol. The molecule has 9 nitrogen and oxygen atoms in total. The maximum absolute atomic E-state index is 10.3. The summed E-state index contributed by atoms with van der Waals surface area (Å²) >= 11 is 0. The highest BCUT2D eigenvalue weighted by Crippen LogP contribution is 2.45. The zero-order chi connectivity index (χ0) is 17.8. The van der Waals surface area contributed by atoms with Crippen LogP contribution in [0.25, 0.3) is 11.2 Å². The summed E-state index contributed by atoms with van der Waals surface area (Å²) in [4.78, 5) is 13.1. The molecule has 3 heterocycles. The molecule has 7 atom stereocenters. The lowest BCUT2D eigenvalue weighted by Gasteiger charge is -2.23. The molecule has 0 spiro atoms. The molecule has 1 aliphatic heterocycles. The van der Waals surface area contributed by atoms with Crippen LogP contribution in [0.3, 0.4) is 0 Å². The molecule has 2 unspecified atom stereocenters. The van der Waals surface area contributed by atoms with E-state index in [2.05, 4.69) is 20.3 Å². The summed E-state index contributed by atoms with van der Waals surface area (Å²) in [5.74, 6) is 2.22. The number of ether oxygens (including phenoxy) is 1. The summed E-state index contributed by atoms with van der Waals surface area (Å²) in [5.41, 5.74) is 1.15. The van der Waals surface area contributed by atoms with E-state index >= 15 is 0 Å². The molecule has 4 N–H and O–H groups in total. The standard InChI is InChI=1S/C17H23N5O4/c23-5-11-13(24)14(25)17(26-11)22-7-20-12-15(18-6-19-16(12)22)21-10-4-8-1-2-9(10)3-8/h6-11,13-14,17,23-25H,1-5H2,(H,18,19,21)/t8?,9-,10?,11+,13+,14+,17+/m0/s1. The van der Waals surface area contributed by atoms with E-state index in [9.17, 15) is 15.3 Å². The van der Waals surface area contributed by atoms with Crippen molar-refractivity contribution in [3.63, 3.8) is 0 Å². The van der Waals surface area contributed by atoms with Crippen LogP contribution in [0.5, 0.6) is 0 Å². The second kappa shape index (κ2) is 6.12. The van der Waals surface area contributed by atoms with Crippen molar-refractivity contribution in [3.8, 4) is 0 Å². The van der Waals surface area contributed by atoms with E-state index < -0.39 is 24.5 Å². The summed E-state index contributed by atoms with van der Waals surface area (Å²) in [5, 5.41) is 33.1. The van der Waals surface area contributed by atoms with Gasteiger partial charge in [-0.05, 0) is 31.1 Å². The van der Waals surface area contributed by atoms with E-state index in [4.69, 9.17) is 4.74 Å². The van der Waals surface area contributed by atoms with Gasteiger partial charge in [0.2, 0.25) is 0 Å². The number of fused-ring (bicyclic) bond motifs is 3. The lowest BCUT2D eigenvalue weighted by molar-refractivity contribution is -0.0511. The summed E-state index contributed by atoms with van der Waals surface area (Å²) in [6.07, 6.45) is 4.07. The van der Waals surface area contributed by atoms with Gasteiger partial charge in [0.05, 0.1) is 12.9 Å². The van der Waals surface area contributed by atoms with Crippen molar-refractivity contribution >= 4 is 17.0 Å². The molecule has 0 amide bonds. The molecular weight excluding hydrogens is 338 g/mol. The molecule has 140 valence electrons. The summed E-state index contributed by atoms with van der Waals surface area (Å²) in [6.45, 7) is -0.368. The van der Waals surface area contributed by atoms with Gasteiger partial charge in [-0.15, -0.1) is 0 Å². The number of nitrogens with zero attached hydrogens (tertiary/aromatic N) is 4. The minimum atomic E-state index is -1.17. The molecule has 2 saturated carbocycles. The van der Waals surface area contributed by atoms with Gasteiger partial charge in [-0.25, -0.2) is 15.0 Å². The van der Waals surface area contributed by atoms with Crippen LogP contribution < -0.4 is 5.32 Å². The van der Waals surface area contributed by atoms with Crippen molar-refractivity contribution in [2.45, 2.75) is 56.3 Å². The van der Waals surface area contributed by atoms with Crippen LogP contribution in [0, 0.1) is 11.8 Å². The first-order chi connectivity index (χ1) is 12.7. The highest BCUT2D eigenvalue weighted by atomic mass is 16.6. The van der Waals surface area contributed by atoms with Gasteiger partial charge in [-0.1, -0.05) is 6.42 Å². The van der Waals surface area contributed by atoms with Crippen LogP contribution in [-0.2, 0) is 4.74 Å². The molecule has 3 aliphatic rings. The number of nitrogens with one attached hydrogen (secondary N) is 1. The molecule has 1 saturated heterocycles. The van der Waals surface area contributed by atoms with E-state index in [0.29, 0.717) is 28.9 Å². The molecule has 2 aliphatic carbocycles. The minimum Gasteiger partial charge on any atom is -0.394 e. The van der Waals surface area contributed by atoms with Gasteiger partial charge < -0.3 is 25.4 Å². The third-order valence-corrected chi connectivity index (χ3v) is 6.21. The van der Waals surface area contributed by atoms with Crippen molar-refractivity contribution in [2.24, 2.45) is 11.8 Å². The van der Waals surface area contributed by atoms with E-state index in [1.807, 2.05) is 0 Å². The van der Waals surface area contributed by atoms with Crippen LogP contribution in [0.4, 0.5) is 5.82 Å². The molecule has 3 fully saturated rings. The number of aliphatic hydroxyl groups excluding tert-OH is 3. The fourth-order valence-corrected chi connectivity index (χ4v) is 4.85. The Kier molecular flexibility index (Phi) is 3.85. The van der Waals surface area contributed by atoms with E-state index in [-0.39, 0.29) is 6.61 Å². The molecule has 5 rings (SSSR count). The Hall–Kier alpha value is -1.81. The van der Waals surface area contributed by atoms with E-state index in [1.165, 1.54) is 38.3 Å². The first-order valence-electron chi connectivity index (χ1n) is 9.22. The Morgan fingerprint density at radius 2 is 2.04 bits per heavy atom. The summed E-state index contributed by atoms with van der Waals surface area (Å²) in [6, 6.07) is 0.422. The zero-order valence-corrected chi connectivity index (χ0v) is 14.3. The van der Waals surface area contributed by atoms with Crippen molar-refractivity contribution in [1.82, 2.24) is 19.5 Å². The van der Waals surface area contributed by atoms with Gasteiger partial charge in [0.25, 0.3) is 0 Å². The minimum absolute atomic E-state index is 0.368. The Balaban J connectivity index is 1.44.